The van der Waals surface area contributed by atoms with E-state index in [1.165, 1.54) is 23.9 Å². The van der Waals surface area contributed by atoms with Gasteiger partial charge in [-0.25, -0.2) is 8.42 Å². The third-order valence-corrected chi connectivity index (χ3v) is 5.63. The Hall–Kier alpha value is -2.25. The molecule has 0 aliphatic rings. The highest BCUT2D eigenvalue weighted by Gasteiger charge is 2.17. The Morgan fingerprint density at radius 1 is 1.09 bits per heavy atom. The number of hydrogen-bond donors (Lipinski definition) is 3. The first-order valence-corrected chi connectivity index (χ1v) is 12.5. The van der Waals surface area contributed by atoms with Crippen LogP contribution in [0.15, 0.2) is 29.4 Å². The monoisotopic (exact) mass is 491 g/mol. The largest absolute Gasteiger partial charge is 0.435 e. The summed E-state index contributed by atoms with van der Waals surface area (Å²) in [5, 5.41) is 12.7. The van der Waals surface area contributed by atoms with Gasteiger partial charge in [-0.2, -0.15) is 23.7 Å². The van der Waals surface area contributed by atoms with E-state index in [4.69, 9.17) is 0 Å². The third kappa shape index (κ3) is 9.09. The molecule has 178 valence electrons. The van der Waals surface area contributed by atoms with Gasteiger partial charge in [0.2, 0.25) is 21.9 Å². The average Bonchev–Trinajstić information content (AvgIpc) is 2.65. The van der Waals surface area contributed by atoms with E-state index >= 15 is 0 Å². The number of aliphatic hydroxyl groups is 1. The van der Waals surface area contributed by atoms with E-state index in [9.17, 15) is 22.3 Å². The van der Waals surface area contributed by atoms with Crippen molar-refractivity contribution >= 4 is 33.7 Å². The minimum Gasteiger partial charge on any atom is -0.435 e. The van der Waals surface area contributed by atoms with E-state index in [0.717, 1.165) is 11.8 Å². The summed E-state index contributed by atoms with van der Waals surface area (Å²) in [5.41, 5.74) is 0.803. The van der Waals surface area contributed by atoms with Gasteiger partial charge in [-0.1, -0.05) is 37.7 Å². The van der Waals surface area contributed by atoms with Gasteiger partial charge in [-0.05, 0) is 37.0 Å². The van der Waals surface area contributed by atoms with Gasteiger partial charge in [0.15, 0.2) is 5.16 Å². The second kappa shape index (κ2) is 11.6. The maximum Gasteiger partial charge on any atom is 0.387 e. The van der Waals surface area contributed by atoms with Crippen molar-refractivity contribution in [3.8, 4) is 5.75 Å². The molecule has 1 aromatic heterocycles. The average molecular weight is 492 g/mol. The minimum atomic E-state index is -3.62. The summed E-state index contributed by atoms with van der Waals surface area (Å²) in [6.45, 7) is 2.83. The zero-order valence-electron chi connectivity index (χ0n) is 18.1. The van der Waals surface area contributed by atoms with Crippen LogP contribution in [-0.4, -0.2) is 54.0 Å². The molecule has 0 unspecified atom stereocenters. The number of aromatic nitrogens is 3. The van der Waals surface area contributed by atoms with Crippen molar-refractivity contribution in [2.24, 2.45) is 5.92 Å². The number of anilines is 2. The van der Waals surface area contributed by atoms with Crippen molar-refractivity contribution in [2.45, 2.75) is 50.3 Å². The normalized spacial score (nSPS) is 13.8. The van der Waals surface area contributed by atoms with Crippen LogP contribution < -0.4 is 14.8 Å². The van der Waals surface area contributed by atoms with Crippen LogP contribution in [0.4, 0.5) is 20.7 Å². The van der Waals surface area contributed by atoms with Gasteiger partial charge < -0.3 is 15.2 Å². The van der Waals surface area contributed by atoms with E-state index in [2.05, 4.69) is 29.7 Å². The molecule has 0 amide bonds. The van der Waals surface area contributed by atoms with Crippen LogP contribution >= 0.6 is 11.8 Å². The lowest BCUT2D eigenvalue weighted by atomic mass is 10.0. The van der Waals surface area contributed by atoms with Crippen LogP contribution in [0.5, 0.6) is 5.75 Å². The number of benzene rings is 1. The summed E-state index contributed by atoms with van der Waals surface area (Å²) in [6.07, 6.45) is 1.64. The standard InChI is InChI=1S/C19H27F2N5O4S2/c1-11(2)9-14(10-27)22-17-23-18(26-32(4,28)29)25-19(24-17)31-12(3)13-5-7-15(8-6-13)30-16(20)21/h5-8,11-12,14,16,27H,9-10H2,1-4H3,(H2,22,23,24,25,26)/t12-,14-/m1/s1. The number of sulfonamides is 1. The van der Waals surface area contributed by atoms with Crippen LogP contribution in [0.3, 0.4) is 0 Å². The predicted molar refractivity (Wildman–Crippen MR) is 120 cm³/mol. The van der Waals surface area contributed by atoms with Crippen LogP contribution in [0.1, 0.15) is 38.0 Å². The summed E-state index contributed by atoms with van der Waals surface area (Å²) in [4.78, 5) is 12.6. The second-order valence-electron chi connectivity index (χ2n) is 7.50. The zero-order chi connectivity index (χ0) is 23.9. The fourth-order valence-corrected chi connectivity index (χ4v) is 4.07. The van der Waals surface area contributed by atoms with Crippen molar-refractivity contribution < 1.29 is 27.0 Å². The molecule has 3 N–H and O–H groups in total. The topological polar surface area (TPSA) is 126 Å². The van der Waals surface area contributed by atoms with Gasteiger partial charge >= 0.3 is 6.61 Å². The fourth-order valence-electron chi connectivity index (χ4n) is 2.76. The third-order valence-electron chi connectivity index (χ3n) is 4.06. The van der Waals surface area contributed by atoms with Crippen LogP contribution in [0.2, 0.25) is 0 Å². The molecule has 0 aliphatic carbocycles. The lowest BCUT2D eigenvalue weighted by molar-refractivity contribution is -0.0498. The van der Waals surface area contributed by atoms with Gasteiger partial charge in [0.25, 0.3) is 0 Å². The van der Waals surface area contributed by atoms with Crippen LogP contribution in [0.25, 0.3) is 0 Å². The summed E-state index contributed by atoms with van der Waals surface area (Å²) in [7, 11) is -3.62. The first kappa shape index (κ1) is 26.0. The summed E-state index contributed by atoms with van der Waals surface area (Å²) in [5.74, 6) is 0.330. The highest BCUT2D eigenvalue weighted by Crippen LogP contribution is 2.34. The highest BCUT2D eigenvalue weighted by molar-refractivity contribution is 7.99. The first-order valence-electron chi connectivity index (χ1n) is 9.78. The Balaban J connectivity index is 2.25. The molecule has 0 spiro atoms. The molecule has 0 fully saturated rings. The molecular formula is C19H27F2N5O4S2. The van der Waals surface area contributed by atoms with Gasteiger partial charge in [-0.15, -0.1) is 0 Å². The lowest BCUT2D eigenvalue weighted by Crippen LogP contribution is -2.27. The smallest absolute Gasteiger partial charge is 0.387 e. The van der Waals surface area contributed by atoms with Crippen molar-refractivity contribution in [3.63, 3.8) is 0 Å². The molecule has 9 nitrogen and oxygen atoms in total. The molecule has 32 heavy (non-hydrogen) atoms. The summed E-state index contributed by atoms with van der Waals surface area (Å²) in [6, 6.07) is 5.85. The van der Waals surface area contributed by atoms with E-state index < -0.39 is 16.6 Å². The molecule has 2 aromatic rings. The Morgan fingerprint density at radius 2 is 1.72 bits per heavy atom. The van der Waals surface area contributed by atoms with Gasteiger partial charge in [0.1, 0.15) is 5.75 Å². The van der Waals surface area contributed by atoms with E-state index in [1.807, 2.05) is 20.8 Å². The lowest BCUT2D eigenvalue weighted by Gasteiger charge is -2.19. The van der Waals surface area contributed by atoms with Gasteiger partial charge in [0, 0.05) is 5.25 Å². The summed E-state index contributed by atoms with van der Waals surface area (Å²) >= 11 is 1.23. The molecule has 0 aliphatic heterocycles. The fraction of sp³-hybridized carbons (Fsp3) is 0.526. The summed E-state index contributed by atoms with van der Waals surface area (Å²) < 4.78 is 54.6. The predicted octanol–water partition coefficient (Wildman–Crippen LogP) is 3.52. The zero-order valence-corrected chi connectivity index (χ0v) is 19.8. The molecule has 13 heteroatoms. The number of thioether (sulfide) groups is 1. The van der Waals surface area contributed by atoms with E-state index in [1.54, 1.807) is 12.1 Å². The minimum absolute atomic E-state index is 0.0485. The molecule has 2 atom stereocenters. The Labute approximate surface area is 190 Å². The molecule has 2 rings (SSSR count). The van der Waals surface area contributed by atoms with Gasteiger partial charge in [-0.3, -0.25) is 4.72 Å². The Kier molecular flexibility index (Phi) is 9.40. The Bertz CT molecular complexity index is 978. The number of hydrogen-bond acceptors (Lipinski definition) is 9. The molecule has 1 heterocycles. The number of rotatable bonds is 12. The van der Waals surface area contributed by atoms with Gasteiger partial charge in [0.05, 0.1) is 18.9 Å². The number of nitrogens with one attached hydrogen (secondary N) is 2. The molecule has 0 radical (unpaired) electrons. The quantitative estimate of drug-likeness (QED) is 0.382. The maximum atomic E-state index is 12.3. The first-order chi connectivity index (χ1) is 14.9. The van der Waals surface area contributed by atoms with Crippen molar-refractivity contribution in [2.75, 3.05) is 22.9 Å². The molecule has 0 saturated carbocycles. The number of nitrogens with zero attached hydrogens (tertiary/aromatic N) is 3. The molecular weight excluding hydrogens is 464 g/mol. The van der Waals surface area contributed by atoms with E-state index in [-0.39, 0.29) is 40.7 Å². The van der Waals surface area contributed by atoms with Crippen molar-refractivity contribution in [1.82, 2.24) is 15.0 Å². The van der Waals surface area contributed by atoms with E-state index in [0.29, 0.717) is 12.3 Å². The Morgan fingerprint density at radius 3 is 2.25 bits per heavy atom. The number of halogens is 2. The number of aliphatic hydroxyl groups excluding tert-OH is 1. The molecule has 0 saturated heterocycles. The molecule has 1 aromatic carbocycles. The van der Waals surface area contributed by atoms with Crippen molar-refractivity contribution in [1.29, 1.82) is 0 Å². The van der Waals surface area contributed by atoms with Crippen LogP contribution in [0, 0.1) is 5.92 Å². The maximum absolute atomic E-state index is 12.3. The number of ether oxygens (including phenoxy) is 1. The SMILES string of the molecule is CC(C)C[C@H](CO)Nc1nc(NS(C)(=O)=O)nc(S[C@H](C)c2ccc(OC(F)F)cc2)n1. The molecule has 0 bridgehead atoms. The second-order valence-corrected chi connectivity index (χ2v) is 10.6. The van der Waals surface area contributed by atoms with Crippen LogP contribution in [-0.2, 0) is 10.0 Å². The van der Waals surface area contributed by atoms with Crippen molar-refractivity contribution in [3.05, 3.63) is 29.8 Å². The number of alkyl halides is 2. The highest BCUT2D eigenvalue weighted by atomic mass is 32.2.